The first-order chi connectivity index (χ1) is 15.7. The third-order valence-electron chi connectivity index (χ3n) is 5.65. The van der Waals surface area contributed by atoms with E-state index in [1.165, 1.54) is 6.92 Å². The molecule has 3 aromatic carbocycles. The fraction of sp³-hybridized carbons (Fsp3) is 0.286. The number of nitrogens with zero attached hydrogens (tertiary/aromatic N) is 1. The van der Waals surface area contributed by atoms with E-state index in [1.54, 1.807) is 41.3 Å². The van der Waals surface area contributed by atoms with Crippen molar-refractivity contribution in [3.05, 3.63) is 89.0 Å². The van der Waals surface area contributed by atoms with Gasteiger partial charge >= 0.3 is 0 Å². The normalized spacial score (nSPS) is 11.0. The minimum Gasteiger partial charge on any atom is -0.508 e. The summed E-state index contributed by atoms with van der Waals surface area (Å²) in [4.78, 5) is 27.6. The minimum atomic E-state index is -0.243. The number of hydrogen-bond acceptors (Lipinski definition) is 3. The first-order valence-electron chi connectivity index (χ1n) is 11.3. The van der Waals surface area contributed by atoms with Crippen LogP contribution in [0.15, 0.2) is 66.7 Å². The average Bonchev–Trinajstić information content (AvgIpc) is 2.77. The first kappa shape index (κ1) is 24.1. The molecule has 172 valence electrons. The van der Waals surface area contributed by atoms with E-state index in [9.17, 15) is 14.7 Å². The molecule has 0 aliphatic carbocycles. The Morgan fingerprint density at radius 3 is 2.00 bits per heavy atom. The van der Waals surface area contributed by atoms with Crippen LogP contribution in [-0.2, 0) is 11.3 Å². The fourth-order valence-electron chi connectivity index (χ4n) is 4.00. The van der Waals surface area contributed by atoms with Crippen molar-refractivity contribution in [2.75, 3.05) is 10.2 Å². The Morgan fingerprint density at radius 2 is 1.42 bits per heavy atom. The molecule has 0 spiro atoms. The van der Waals surface area contributed by atoms with Crippen LogP contribution in [0.5, 0.6) is 5.75 Å². The molecule has 0 radical (unpaired) electrons. The molecule has 33 heavy (non-hydrogen) atoms. The summed E-state index contributed by atoms with van der Waals surface area (Å²) in [5.74, 6) is 0.0250. The molecule has 0 heterocycles. The highest BCUT2D eigenvalue weighted by molar-refractivity contribution is 6.12. The molecule has 5 nitrogen and oxygen atoms in total. The highest BCUT2D eigenvalue weighted by Crippen LogP contribution is 2.38. The fourth-order valence-corrected chi connectivity index (χ4v) is 4.00. The molecule has 0 unspecified atom stereocenters. The van der Waals surface area contributed by atoms with Gasteiger partial charge in [0.15, 0.2) is 0 Å². The average molecular weight is 445 g/mol. The maximum atomic E-state index is 14.1. The summed E-state index contributed by atoms with van der Waals surface area (Å²) in [6.07, 6.45) is 0. The van der Waals surface area contributed by atoms with Gasteiger partial charge in [-0.25, -0.2) is 0 Å². The van der Waals surface area contributed by atoms with Gasteiger partial charge in [-0.1, -0.05) is 76.2 Å². The highest BCUT2D eigenvalue weighted by Gasteiger charge is 2.27. The van der Waals surface area contributed by atoms with Crippen LogP contribution < -0.4 is 10.2 Å². The Morgan fingerprint density at radius 1 is 0.848 bits per heavy atom. The molecule has 3 rings (SSSR count). The minimum absolute atomic E-state index is 0.138. The Labute approximate surface area is 196 Å². The van der Waals surface area contributed by atoms with Crippen LogP contribution >= 0.6 is 0 Å². The van der Waals surface area contributed by atoms with Crippen molar-refractivity contribution in [3.8, 4) is 5.75 Å². The van der Waals surface area contributed by atoms with Crippen LogP contribution in [0.3, 0.4) is 0 Å². The van der Waals surface area contributed by atoms with Crippen LogP contribution in [0.2, 0.25) is 0 Å². The van der Waals surface area contributed by atoms with E-state index in [4.69, 9.17) is 0 Å². The zero-order chi connectivity index (χ0) is 24.1. The Bertz CT molecular complexity index is 1130. The second-order valence-corrected chi connectivity index (χ2v) is 8.84. The van der Waals surface area contributed by atoms with Crippen molar-refractivity contribution in [1.29, 1.82) is 0 Å². The number of aromatic hydroxyl groups is 1. The van der Waals surface area contributed by atoms with Crippen molar-refractivity contribution in [1.82, 2.24) is 0 Å². The number of amides is 2. The molecule has 0 atom stereocenters. The number of benzene rings is 3. The van der Waals surface area contributed by atoms with Gasteiger partial charge in [-0.3, -0.25) is 9.59 Å². The monoisotopic (exact) mass is 444 g/mol. The zero-order valence-corrected chi connectivity index (χ0v) is 19.9. The molecule has 0 bridgehead atoms. The quantitative estimate of drug-likeness (QED) is 0.440. The maximum absolute atomic E-state index is 14.1. The van der Waals surface area contributed by atoms with E-state index >= 15 is 0 Å². The predicted octanol–water partition coefficient (Wildman–Crippen LogP) is 6.44. The second-order valence-electron chi connectivity index (χ2n) is 8.84. The molecule has 0 aliphatic heterocycles. The summed E-state index contributed by atoms with van der Waals surface area (Å²) < 4.78 is 0. The van der Waals surface area contributed by atoms with Crippen molar-refractivity contribution < 1.29 is 14.7 Å². The molecule has 5 heteroatoms. The van der Waals surface area contributed by atoms with Gasteiger partial charge in [0.1, 0.15) is 5.75 Å². The number of anilines is 2. The van der Waals surface area contributed by atoms with Crippen LogP contribution in [0, 0.1) is 0 Å². The Hall–Kier alpha value is -3.60. The van der Waals surface area contributed by atoms with Gasteiger partial charge in [0.25, 0.3) is 5.91 Å². The largest absolute Gasteiger partial charge is 0.508 e. The standard InChI is InChI=1S/C28H32N2O3/c1-18(2)22-13-10-14-23(19(3)4)27(22)30(17-21-11-6-9-16-26(21)32)28(33)24-12-7-8-15-25(24)29-20(5)31/h6-16,18-19,32H,17H2,1-5H3,(H,29,31). The maximum Gasteiger partial charge on any atom is 0.260 e. The number of nitrogens with one attached hydrogen (secondary N) is 1. The van der Waals surface area contributed by atoms with E-state index < -0.39 is 0 Å². The summed E-state index contributed by atoms with van der Waals surface area (Å²) in [7, 11) is 0. The summed E-state index contributed by atoms with van der Waals surface area (Å²) in [5, 5.41) is 13.3. The van der Waals surface area contributed by atoms with Gasteiger partial charge in [-0.05, 0) is 41.2 Å². The number of phenols is 1. The van der Waals surface area contributed by atoms with Gasteiger partial charge in [0.2, 0.25) is 5.91 Å². The summed E-state index contributed by atoms with van der Waals surface area (Å²) in [5.41, 5.74) is 4.48. The number of rotatable bonds is 7. The van der Waals surface area contributed by atoms with E-state index in [2.05, 4.69) is 45.1 Å². The Balaban J connectivity index is 2.25. The van der Waals surface area contributed by atoms with Gasteiger partial charge in [-0.15, -0.1) is 0 Å². The summed E-state index contributed by atoms with van der Waals surface area (Å²) >= 11 is 0. The third-order valence-corrected chi connectivity index (χ3v) is 5.65. The zero-order valence-electron chi connectivity index (χ0n) is 19.9. The van der Waals surface area contributed by atoms with Crippen molar-refractivity contribution in [3.63, 3.8) is 0 Å². The molecule has 2 amide bonds. The molecule has 3 aromatic rings. The molecule has 0 saturated carbocycles. The van der Waals surface area contributed by atoms with Crippen LogP contribution in [0.25, 0.3) is 0 Å². The molecule has 2 N–H and O–H groups in total. The SMILES string of the molecule is CC(=O)Nc1ccccc1C(=O)N(Cc1ccccc1O)c1c(C(C)C)cccc1C(C)C. The topological polar surface area (TPSA) is 69.6 Å². The highest BCUT2D eigenvalue weighted by atomic mass is 16.3. The lowest BCUT2D eigenvalue weighted by Gasteiger charge is -2.31. The van der Waals surface area contributed by atoms with E-state index in [1.807, 2.05) is 18.2 Å². The number of para-hydroxylation sites is 3. The molecule has 0 aromatic heterocycles. The smallest absolute Gasteiger partial charge is 0.260 e. The molecule has 0 fully saturated rings. The molecular weight excluding hydrogens is 412 g/mol. The van der Waals surface area contributed by atoms with E-state index in [0.717, 1.165) is 16.8 Å². The molecule has 0 saturated heterocycles. The lowest BCUT2D eigenvalue weighted by molar-refractivity contribution is -0.114. The van der Waals surface area contributed by atoms with Gasteiger partial charge in [-0.2, -0.15) is 0 Å². The number of hydrogen-bond donors (Lipinski definition) is 2. The number of carbonyl (C=O) groups excluding carboxylic acids is 2. The van der Waals surface area contributed by atoms with Gasteiger partial charge < -0.3 is 15.3 Å². The summed E-state index contributed by atoms with van der Waals surface area (Å²) in [6.45, 7) is 10.1. The number of phenolic OH excluding ortho intramolecular Hbond substituents is 1. The second kappa shape index (κ2) is 10.3. The summed E-state index contributed by atoms with van der Waals surface area (Å²) in [6, 6.07) is 20.2. The van der Waals surface area contributed by atoms with E-state index in [0.29, 0.717) is 16.8 Å². The third kappa shape index (κ3) is 5.43. The number of carbonyl (C=O) groups is 2. The first-order valence-corrected chi connectivity index (χ1v) is 11.3. The molecular formula is C28H32N2O3. The van der Waals surface area contributed by atoms with Crippen LogP contribution in [-0.4, -0.2) is 16.9 Å². The van der Waals surface area contributed by atoms with Crippen molar-refractivity contribution in [2.24, 2.45) is 0 Å². The van der Waals surface area contributed by atoms with Gasteiger partial charge in [0.05, 0.1) is 23.5 Å². The lowest BCUT2D eigenvalue weighted by atomic mass is 9.91. The van der Waals surface area contributed by atoms with Crippen LogP contribution in [0.4, 0.5) is 11.4 Å². The van der Waals surface area contributed by atoms with Crippen LogP contribution in [0.1, 0.15) is 73.5 Å². The van der Waals surface area contributed by atoms with Gasteiger partial charge in [0, 0.05) is 12.5 Å². The van der Waals surface area contributed by atoms with Crippen molar-refractivity contribution in [2.45, 2.75) is 53.0 Å². The lowest BCUT2D eigenvalue weighted by Crippen LogP contribution is -2.33. The predicted molar refractivity (Wildman–Crippen MR) is 134 cm³/mol. The molecule has 0 aliphatic rings. The Kier molecular flexibility index (Phi) is 7.54. The van der Waals surface area contributed by atoms with Crippen molar-refractivity contribution >= 4 is 23.2 Å². The van der Waals surface area contributed by atoms with E-state index in [-0.39, 0.29) is 35.9 Å².